The SMILES string of the molecule is Cc1ccc(-n2ncc(C(N)=O)c2NC(=S)NC(=O)C=Cc2ccc3c(c2)OCO3)c(C)c1. The number of primary amides is 1. The predicted molar refractivity (Wildman–Crippen MR) is 128 cm³/mol. The number of nitrogens with zero attached hydrogens (tertiary/aromatic N) is 2. The number of carbonyl (C=O) groups excluding carboxylic acids is 2. The van der Waals surface area contributed by atoms with Crippen LogP contribution in [-0.4, -0.2) is 33.5 Å². The Bertz CT molecular complexity index is 1300. The number of nitrogens with two attached hydrogens (primary N) is 1. The summed E-state index contributed by atoms with van der Waals surface area (Å²) in [4.78, 5) is 24.3. The largest absolute Gasteiger partial charge is 0.454 e. The van der Waals surface area contributed by atoms with Crippen molar-refractivity contribution in [3.8, 4) is 17.2 Å². The van der Waals surface area contributed by atoms with Crippen LogP contribution in [0.25, 0.3) is 11.8 Å². The van der Waals surface area contributed by atoms with E-state index >= 15 is 0 Å². The minimum atomic E-state index is -0.676. The first-order valence-corrected chi connectivity index (χ1v) is 10.4. The molecule has 0 bridgehead atoms. The molecule has 1 aliphatic rings. The number of aryl methyl sites for hydroxylation is 2. The summed E-state index contributed by atoms with van der Waals surface area (Å²) < 4.78 is 12.1. The summed E-state index contributed by atoms with van der Waals surface area (Å²) in [7, 11) is 0. The van der Waals surface area contributed by atoms with Crippen LogP contribution >= 0.6 is 12.2 Å². The summed E-state index contributed by atoms with van der Waals surface area (Å²) >= 11 is 5.28. The molecule has 0 unspecified atom stereocenters. The molecular formula is C23H21N5O4S. The lowest BCUT2D eigenvalue weighted by Gasteiger charge is -2.14. The van der Waals surface area contributed by atoms with Crippen LogP contribution in [0.3, 0.4) is 0 Å². The second kappa shape index (κ2) is 9.13. The van der Waals surface area contributed by atoms with Gasteiger partial charge in [0.15, 0.2) is 16.6 Å². The summed E-state index contributed by atoms with van der Waals surface area (Å²) in [5.74, 6) is 0.411. The average molecular weight is 464 g/mol. The number of aromatic nitrogens is 2. The van der Waals surface area contributed by atoms with Gasteiger partial charge >= 0.3 is 0 Å². The Balaban J connectivity index is 1.49. The zero-order valence-electron chi connectivity index (χ0n) is 17.9. The van der Waals surface area contributed by atoms with Crippen molar-refractivity contribution in [3.63, 3.8) is 0 Å². The van der Waals surface area contributed by atoms with Crippen LogP contribution in [0.15, 0.2) is 48.7 Å². The monoisotopic (exact) mass is 463 g/mol. The van der Waals surface area contributed by atoms with Crippen LogP contribution in [0, 0.1) is 13.8 Å². The van der Waals surface area contributed by atoms with Gasteiger partial charge < -0.3 is 20.5 Å². The lowest BCUT2D eigenvalue weighted by Crippen LogP contribution is -2.34. The smallest absolute Gasteiger partial charge is 0.254 e. The lowest BCUT2D eigenvalue weighted by molar-refractivity contribution is -0.115. The number of benzene rings is 2. The Hall–Kier alpha value is -4.18. The number of thiocarbonyl (C=S) groups is 1. The van der Waals surface area contributed by atoms with Gasteiger partial charge in [0.05, 0.1) is 11.9 Å². The molecule has 0 fully saturated rings. The second-order valence-corrected chi connectivity index (χ2v) is 7.77. The summed E-state index contributed by atoms with van der Waals surface area (Å²) in [6.07, 6.45) is 4.31. The minimum absolute atomic E-state index is 0.00986. The zero-order valence-corrected chi connectivity index (χ0v) is 18.7. The number of amides is 2. The maximum absolute atomic E-state index is 12.4. The van der Waals surface area contributed by atoms with E-state index < -0.39 is 11.8 Å². The van der Waals surface area contributed by atoms with Crippen molar-refractivity contribution in [2.75, 3.05) is 12.1 Å². The van der Waals surface area contributed by atoms with E-state index in [9.17, 15) is 9.59 Å². The summed E-state index contributed by atoms with van der Waals surface area (Å²) in [6, 6.07) is 11.1. The number of fused-ring (bicyclic) bond motifs is 1. The molecule has 33 heavy (non-hydrogen) atoms. The lowest BCUT2D eigenvalue weighted by atomic mass is 10.1. The second-order valence-electron chi connectivity index (χ2n) is 7.36. The molecule has 4 rings (SSSR count). The molecule has 3 aromatic rings. The Morgan fingerprint density at radius 3 is 2.70 bits per heavy atom. The highest BCUT2D eigenvalue weighted by molar-refractivity contribution is 7.80. The molecule has 0 saturated heterocycles. The maximum atomic E-state index is 12.4. The first kappa shape index (κ1) is 22.0. The number of carbonyl (C=O) groups is 2. The standard InChI is InChI=1S/C23H21N5O4S/c1-13-3-6-17(14(2)9-13)28-22(16(11-25-28)21(24)30)27-23(33)26-20(29)8-5-15-4-7-18-19(10-15)32-12-31-18/h3-11H,12H2,1-2H3,(H2,24,30)(H2,26,27,29,33). The molecule has 0 radical (unpaired) electrons. The van der Waals surface area contributed by atoms with Gasteiger partial charge in [-0.15, -0.1) is 0 Å². The number of hydrogen-bond donors (Lipinski definition) is 3. The van der Waals surface area contributed by atoms with E-state index in [4.69, 9.17) is 27.4 Å². The maximum Gasteiger partial charge on any atom is 0.254 e. The fraction of sp³-hybridized carbons (Fsp3) is 0.130. The highest BCUT2D eigenvalue weighted by Crippen LogP contribution is 2.32. The third-order valence-corrected chi connectivity index (χ3v) is 5.11. The molecule has 0 spiro atoms. The molecule has 168 valence electrons. The number of hydrogen-bond acceptors (Lipinski definition) is 6. The third kappa shape index (κ3) is 4.85. The van der Waals surface area contributed by atoms with E-state index in [0.29, 0.717) is 11.5 Å². The molecular weight excluding hydrogens is 442 g/mol. The number of rotatable bonds is 5. The molecule has 2 aromatic carbocycles. The molecule has 9 nitrogen and oxygen atoms in total. The van der Waals surface area contributed by atoms with Gasteiger partial charge in [-0.25, -0.2) is 4.68 Å². The fourth-order valence-electron chi connectivity index (χ4n) is 3.36. The van der Waals surface area contributed by atoms with E-state index in [1.165, 1.54) is 17.0 Å². The van der Waals surface area contributed by atoms with Crippen molar-refractivity contribution in [1.82, 2.24) is 15.1 Å². The Kier molecular flexibility index (Phi) is 6.09. The molecule has 0 saturated carbocycles. The van der Waals surface area contributed by atoms with E-state index in [-0.39, 0.29) is 23.3 Å². The number of nitrogens with one attached hydrogen (secondary N) is 2. The molecule has 10 heteroatoms. The molecule has 2 heterocycles. The van der Waals surface area contributed by atoms with Gasteiger partial charge in [0.25, 0.3) is 5.91 Å². The molecule has 1 aromatic heterocycles. The highest BCUT2D eigenvalue weighted by Gasteiger charge is 2.19. The van der Waals surface area contributed by atoms with E-state index in [1.807, 2.05) is 32.0 Å². The van der Waals surface area contributed by atoms with E-state index in [2.05, 4.69) is 15.7 Å². The highest BCUT2D eigenvalue weighted by atomic mass is 32.1. The van der Waals surface area contributed by atoms with Crippen LogP contribution in [0.1, 0.15) is 27.0 Å². The Labute approximate surface area is 195 Å². The van der Waals surface area contributed by atoms with Crippen molar-refractivity contribution in [1.29, 1.82) is 0 Å². The minimum Gasteiger partial charge on any atom is -0.454 e. The number of anilines is 1. The molecule has 4 N–H and O–H groups in total. The van der Waals surface area contributed by atoms with Gasteiger partial charge in [0, 0.05) is 6.08 Å². The third-order valence-electron chi connectivity index (χ3n) is 4.91. The van der Waals surface area contributed by atoms with Crippen LogP contribution in [-0.2, 0) is 4.79 Å². The fourth-order valence-corrected chi connectivity index (χ4v) is 3.55. The summed E-state index contributed by atoms with van der Waals surface area (Å²) in [6.45, 7) is 4.09. The molecule has 1 aliphatic heterocycles. The first-order valence-electron chi connectivity index (χ1n) is 9.97. The predicted octanol–water partition coefficient (Wildman–Crippen LogP) is 2.84. The van der Waals surface area contributed by atoms with E-state index in [0.717, 1.165) is 22.4 Å². The van der Waals surface area contributed by atoms with Gasteiger partial charge in [-0.2, -0.15) is 5.10 Å². The quantitative estimate of drug-likeness (QED) is 0.393. The number of ether oxygens (including phenoxy) is 2. The normalized spacial score (nSPS) is 12.1. The molecule has 0 aliphatic carbocycles. The van der Waals surface area contributed by atoms with Gasteiger partial charge in [0.2, 0.25) is 12.7 Å². The van der Waals surface area contributed by atoms with Crippen LogP contribution in [0.5, 0.6) is 11.5 Å². The zero-order chi connectivity index (χ0) is 23.5. The van der Waals surface area contributed by atoms with E-state index in [1.54, 1.807) is 24.3 Å². The van der Waals surface area contributed by atoms with Crippen molar-refractivity contribution < 1.29 is 19.1 Å². The topological polar surface area (TPSA) is 120 Å². The Morgan fingerprint density at radius 2 is 1.94 bits per heavy atom. The van der Waals surface area contributed by atoms with Crippen LogP contribution in [0.4, 0.5) is 5.82 Å². The van der Waals surface area contributed by atoms with Crippen molar-refractivity contribution in [2.45, 2.75) is 13.8 Å². The molecule has 0 atom stereocenters. The van der Waals surface area contributed by atoms with Gasteiger partial charge in [-0.3, -0.25) is 14.9 Å². The van der Waals surface area contributed by atoms with Gasteiger partial charge in [-0.05, 0) is 61.5 Å². The van der Waals surface area contributed by atoms with Crippen molar-refractivity contribution >= 4 is 41.0 Å². The van der Waals surface area contributed by atoms with Crippen molar-refractivity contribution in [3.05, 3.63) is 70.9 Å². The average Bonchev–Trinajstić information content (AvgIpc) is 3.39. The van der Waals surface area contributed by atoms with Crippen molar-refractivity contribution in [2.24, 2.45) is 5.73 Å². The summed E-state index contributed by atoms with van der Waals surface area (Å²) in [5.41, 5.74) is 9.18. The van der Waals surface area contributed by atoms with Gasteiger partial charge in [-0.1, -0.05) is 23.8 Å². The summed E-state index contributed by atoms with van der Waals surface area (Å²) in [5, 5.41) is 9.70. The van der Waals surface area contributed by atoms with Crippen LogP contribution < -0.4 is 25.8 Å². The van der Waals surface area contributed by atoms with Gasteiger partial charge in [0.1, 0.15) is 11.4 Å². The molecule has 2 amide bonds. The first-order chi connectivity index (χ1) is 15.8. The Morgan fingerprint density at radius 1 is 1.15 bits per heavy atom. The van der Waals surface area contributed by atoms with Crippen LogP contribution in [0.2, 0.25) is 0 Å².